The molecule has 2 rings (SSSR count). The van der Waals surface area contributed by atoms with Crippen molar-refractivity contribution in [3.05, 3.63) is 30.3 Å². The summed E-state index contributed by atoms with van der Waals surface area (Å²) >= 11 is 0. The molecule has 0 aliphatic carbocycles. The first kappa shape index (κ1) is 14.9. The molecule has 4 nitrogen and oxygen atoms in total. The zero-order valence-electron chi connectivity index (χ0n) is 12.6. The van der Waals surface area contributed by atoms with Crippen LogP contribution in [-0.4, -0.2) is 55.0 Å². The quantitative estimate of drug-likeness (QED) is 0.841. The number of benzene rings is 1. The highest BCUT2D eigenvalue weighted by Crippen LogP contribution is 2.16. The van der Waals surface area contributed by atoms with Gasteiger partial charge in [-0.2, -0.15) is 0 Å². The second-order valence-electron chi connectivity index (χ2n) is 5.73. The summed E-state index contributed by atoms with van der Waals surface area (Å²) in [5, 5.41) is 0. The molecule has 0 aromatic heterocycles. The molecule has 0 spiro atoms. The van der Waals surface area contributed by atoms with Crippen molar-refractivity contribution in [3.63, 3.8) is 0 Å². The molecule has 1 aliphatic rings. The molecular weight excluding hydrogens is 252 g/mol. The second kappa shape index (κ2) is 6.75. The maximum absolute atomic E-state index is 12.2. The van der Waals surface area contributed by atoms with E-state index in [0.717, 1.165) is 25.4 Å². The van der Waals surface area contributed by atoms with Gasteiger partial charge in [-0.3, -0.25) is 9.69 Å². The molecule has 0 bridgehead atoms. The predicted octanol–water partition coefficient (Wildman–Crippen LogP) is 1.86. The fourth-order valence-corrected chi connectivity index (χ4v) is 2.60. The number of hydrogen-bond acceptors (Lipinski definition) is 3. The Morgan fingerprint density at radius 3 is 2.65 bits per heavy atom. The molecule has 1 amide bonds. The van der Waals surface area contributed by atoms with E-state index in [1.54, 1.807) is 0 Å². The van der Waals surface area contributed by atoms with Gasteiger partial charge in [0, 0.05) is 25.7 Å². The number of nitrogens with zero attached hydrogens (tertiary/aromatic N) is 2. The Morgan fingerprint density at radius 2 is 2.00 bits per heavy atom. The first-order valence-corrected chi connectivity index (χ1v) is 7.24. The largest absolute Gasteiger partial charge is 0.484 e. The van der Waals surface area contributed by atoms with Crippen molar-refractivity contribution >= 4 is 5.91 Å². The van der Waals surface area contributed by atoms with E-state index >= 15 is 0 Å². The summed E-state index contributed by atoms with van der Waals surface area (Å²) in [5.74, 6) is 1.37. The Morgan fingerprint density at radius 1 is 1.30 bits per heavy atom. The van der Waals surface area contributed by atoms with Gasteiger partial charge in [-0.1, -0.05) is 32.0 Å². The van der Waals surface area contributed by atoms with Gasteiger partial charge in [0.05, 0.1) is 0 Å². The van der Waals surface area contributed by atoms with E-state index in [1.165, 1.54) is 0 Å². The van der Waals surface area contributed by atoms with Crippen molar-refractivity contribution in [1.82, 2.24) is 9.80 Å². The number of rotatable bonds is 4. The van der Waals surface area contributed by atoms with Crippen LogP contribution in [0, 0.1) is 5.92 Å². The standard InChI is InChI=1S/C16H24N2O2/c1-13(2)15-11-18(10-9-17(15)3)16(19)12-20-14-7-5-4-6-8-14/h4-8,13,15H,9-12H2,1-3H3/t15-/m1/s1. The van der Waals surface area contributed by atoms with Crippen molar-refractivity contribution in [2.75, 3.05) is 33.3 Å². The maximum Gasteiger partial charge on any atom is 0.260 e. The third-order valence-electron chi connectivity index (χ3n) is 3.92. The first-order valence-electron chi connectivity index (χ1n) is 7.24. The molecule has 1 aromatic rings. The van der Waals surface area contributed by atoms with Crippen LogP contribution in [0.1, 0.15) is 13.8 Å². The van der Waals surface area contributed by atoms with Crippen molar-refractivity contribution in [3.8, 4) is 5.75 Å². The maximum atomic E-state index is 12.2. The van der Waals surface area contributed by atoms with Gasteiger partial charge < -0.3 is 9.64 Å². The van der Waals surface area contributed by atoms with Gasteiger partial charge in [-0.15, -0.1) is 0 Å². The Balaban J connectivity index is 1.86. The summed E-state index contributed by atoms with van der Waals surface area (Å²) < 4.78 is 5.54. The predicted molar refractivity (Wildman–Crippen MR) is 79.8 cm³/mol. The number of carbonyl (C=O) groups is 1. The van der Waals surface area contributed by atoms with Crippen molar-refractivity contribution in [2.45, 2.75) is 19.9 Å². The molecule has 0 N–H and O–H groups in total. The molecular formula is C16H24N2O2. The monoisotopic (exact) mass is 276 g/mol. The van der Waals surface area contributed by atoms with E-state index in [4.69, 9.17) is 4.74 Å². The highest BCUT2D eigenvalue weighted by Gasteiger charge is 2.29. The number of para-hydroxylation sites is 1. The van der Waals surface area contributed by atoms with Crippen LogP contribution < -0.4 is 4.74 Å². The van der Waals surface area contributed by atoms with E-state index in [0.29, 0.717) is 12.0 Å². The number of ether oxygens (including phenoxy) is 1. The van der Waals surface area contributed by atoms with Crippen molar-refractivity contribution in [2.24, 2.45) is 5.92 Å². The zero-order valence-corrected chi connectivity index (χ0v) is 12.6. The number of piperazine rings is 1. The molecule has 0 saturated carbocycles. The SMILES string of the molecule is CC(C)[C@H]1CN(C(=O)COc2ccccc2)CCN1C. The lowest BCUT2D eigenvalue weighted by Crippen LogP contribution is -2.55. The normalized spacial score (nSPS) is 20.2. The minimum Gasteiger partial charge on any atom is -0.484 e. The molecule has 1 fully saturated rings. The second-order valence-corrected chi connectivity index (χ2v) is 5.73. The highest BCUT2D eigenvalue weighted by molar-refractivity contribution is 5.78. The van der Waals surface area contributed by atoms with Gasteiger partial charge in [0.15, 0.2) is 6.61 Å². The Bertz CT molecular complexity index is 433. The van der Waals surface area contributed by atoms with Crippen LogP contribution in [0.15, 0.2) is 30.3 Å². The Kier molecular flexibility index (Phi) is 5.01. The van der Waals surface area contributed by atoms with Crippen LogP contribution in [0.4, 0.5) is 0 Å². The summed E-state index contributed by atoms with van der Waals surface area (Å²) in [4.78, 5) is 16.5. The lowest BCUT2D eigenvalue weighted by Gasteiger charge is -2.41. The third kappa shape index (κ3) is 3.73. The topological polar surface area (TPSA) is 32.8 Å². The van der Waals surface area contributed by atoms with E-state index in [1.807, 2.05) is 35.2 Å². The van der Waals surface area contributed by atoms with Crippen molar-refractivity contribution in [1.29, 1.82) is 0 Å². The van der Waals surface area contributed by atoms with Crippen LogP contribution in [0.2, 0.25) is 0 Å². The lowest BCUT2D eigenvalue weighted by atomic mass is 10.0. The molecule has 1 atom stereocenters. The van der Waals surface area contributed by atoms with Crippen LogP contribution in [-0.2, 0) is 4.79 Å². The summed E-state index contributed by atoms with van der Waals surface area (Å²) in [6, 6.07) is 9.92. The minimum absolute atomic E-state index is 0.0765. The summed E-state index contributed by atoms with van der Waals surface area (Å²) in [5.41, 5.74) is 0. The molecule has 0 unspecified atom stereocenters. The van der Waals surface area contributed by atoms with E-state index in [-0.39, 0.29) is 12.5 Å². The fraction of sp³-hybridized carbons (Fsp3) is 0.562. The van der Waals surface area contributed by atoms with Gasteiger partial charge >= 0.3 is 0 Å². The average molecular weight is 276 g/mol. The molecule has 20 heavy (non-hydrogen) atoms. The van der Waals surface area contributed by atoms with Gasteiger partial charge in [0.25, 0.3) is 5.91 Å². The molecule has 1 aliphatic heterocycles. The average Bonchev–Trinajstić information content (AvgIpc) is 2.46. The first-order chi connectivity index (χ1) is 9.58. The van der Waals surface area contributed by atoms with Crippen LogP contribution >= 0.6 is 0 Å². The smallest absolute Gasteiger partial charge is 0.260 e. The fourth-order valence-electron chi connectivity index (χ4n) is 2.60. The molecule has 4 heteroatoms. The van der Waals surface area contributed by atoms with E-state index < -0.39 is 0 Å². The molecule has 1 saturated heterocycles. The van der Waals surface area contributed by atoms with Gasteiger partial charge in [0.1, 0.15) is 5.75 Å². The third-order valence-corrected chi connectivity index (χ3v) is 3.92. The zero-order chi connectivity index (χ0) is 14.5. The van der Waals surface area contributed by atoms with Crippen LogP contribution in [0.3, 0.4) is 0 Å². The summed E-state index contributed by atoms with van der Waals surface area (Å²) in [7, 11) is 2.13. The number of likely N-dealkylation sites (N-methyl/N-ethyl adjacent to an activating group) is 1. The van der Waals surface area contributed by atoms with Gasteiger partial charge in [-0.25, -0.2) is 0 Å². The number of amides is 1. The Labute approximate surface area is 121 Å². The van der Waals surface area contributed by atoms with E-state index in [2.05, 4.69) is 25.8 Å². The number of hydrogen-bond donors (Lipinski definition) is 0. The van der Waals surface area contributed by atoms with Crippen molar-refractivity contribution < 1.29 is 9.53 Å². The minimum atomic E-state index is 0.0765. The van der Waals surface area contributed by atoms with E-state index in [9.17, 15) is 4.79 Å². The Hall–Kier alpha value is -1.55. The summed E-state index contributed by atoms with van der Waals surface area (Å²) in [6.45, 7) is 7.05. The lowest BCUT2D eigenvalue weighted by molar-refractivity contribution is -0.136. The molecule has 1 aromatic carbocycles. The molecule has 1 heterocycles. The molecule has 0 radical (unpaired) electrons. The van der Waals surface area contributed by atoms with Gasteiger partial charge in [-0.05, 0) is 25.1 Å². The van der Waals surface area contributed by atoms with Crippen LogP contribution in [0.25, 0.3) is 0 Å². The highest BCUT2D eigenvalue weighted by atomic mass is 16.5. The van der Waals surface area contributed by atoms with Crippen LogP contribution in [0.5, 0.6) is 5.75 Å². The number of carbonyl (C=O) groups excluding carboxylic acids is 1. The summed E-state index contributed by atoms with van der Waals surface area (Å²) in [6.07, 6.45) is 0. The van der Waals surface area contributed by atoms with Gasteiger partial charge in [0.2, 0.25) is 0 Å². The molecule has 110 valence electrons.